The number of carbonyl (C=O) groups is 2. The minimum Gasteiger partial charge on any atom is -0.356 e. The summed E-state index contributed by atoms with van der Waals surface area (Å²) in [6, 6.07) is 3.84. The van der Waals surface area contributed by atoms with Crippen molar-refractivity contribution in [2.75, 3.05) is 13.1 Å². The summed E-state index contributed by atoms with van der Waals surface area (Å²) in [6.07, 6.45) is 1.10. The van der Waals surface area contributed by atoms with Crippen LogP contribution in [-0.2, 0) is 4.79 Å². The van der Waals surface area contributed by atoms with E-state index in [1.807, 2.05) is 6.92 Å². The standard InChI is InChI=1S/C13H16BrFN2O2/c1-2-6-16-12(18)5-7-17-13(19)10-4-3-9(15)8-11(10)14/h3-4,8H,2,5-7H2,1H3,(H,16,18)(H,17,19). The van der Waals surface area contributed by atoms with Gasteiger partial charge < -0.3 is 10.6 Å². The fourth-order valence-electron chi connectivity index (χ4n) is 1.41. The van der Waals surface area contributed by atoms with Crippen molar-refractivity contribution in [2.45, 2.75) is 19.8 Å². The van der Waals surface area contributed by atoms with Gasteiger partial charge in [0.25, 0.3) is 5.91 Å². The molecule has 19 heavy (non-hydrogen) atoms. The molecule has 0 radical (unpaired) electrons. The van der Waals surface area contributed by atoms with Gasteiger partial charge in [0.2, 0.25) is 5.91 Å². The second kappa shape index (κ2) is 7.89. The molecule has 0 fully saturated rings. The zero-order valence-corrected chi connectivity index (χ0v) is 12.2. The molecule has 0 aromatic heterocycles. The SMILES string of the molecule is CCCNC(=O)CCNC(=O)c1ccc(F)cc1Br. The molecule has 0 heterocycles. The van der Waals surface area contributed by atoms with E-state index in [1.54, 1.807) is 0 Å². The van der Waals surface area contributed by atoms with Gasteiger partial charge in [-0.05, 0) is 40.5 Å². The van der Waals surface area contributed by atoms with E-state index >= 15 is 0 Å². The Morgan fingerprint density at radius 1 is 1.26 bits per heavy atom. The van der Waals surface area contributed by atoms with Crippen LogP contribution < -0.4 is 10.6 Å². The minimum atomic E-state index is -0.414. The smallest absolute Gasteiger partial charge is 0.252 e. The van der Waals surface area contributed by atoms with E-state index in [4.69, 9.17) is 0 Å². The lowest BCUT2D eigenvalue weighted by atomic mass is 10.2. The predicted octanol–water partition coefficient (Wildman–Crippen LogP) is 2.23. The molecule has 1 aromatic rings. The Labute approximate surface area is 119 Å². The molecule has 4 nitrogen and oxygen atoms in total. The fraction of sp³-hybridized carbons (Fsp3) is 0.385. The maximum atomic E-state index is 12.9. The van der Waals surface area contributed by atoms with Crippen LogP contribution in [-0.4, -0.2) is 24.9 Å². The van der Waals surface area contributed by atoms with Crippen LogP contribution in [0.25, 0.3) is 0 Å². The van der Waals surface area contributed by atoms with Crippen LogP contribution in [0.1, 0.15) is 30.1 Å². The van der Waals surface area contributed by atoms with Crippen molar-refractivity contribution in [3.05, 3.63) is 34.1 Å². The molecule has 0 saturated carbocycles. The monoisotopic (exact) mass is 330 g/mol. The highest BCUT2D eigenvalue weighted by atomic mass is 79.9. The molecule has 0 spiro atoms. The van der Waals surface area contributed by atoms with Gasteiger partial charge in [0, 0.05) is 24.0 Å². The molecule has 0 saturated heterocycles. The first-order valence-electron chi connectivity index (χ1n) is 6.04. The lowest BCUT2D eigenvalue weighted by Gasteiger charge is -2.07. The molecule has 0 aliphatic rings. The van der Waals surface area contributed by atoms with Crippen LogP contribution >= 0.6 is 15.9 Å². The number of hydrogen-bond donors (Lipinski definition) is 2. The molecule has 6 heteroatoms. The van der Waals surface area contributed by atoms with Crippen molar-refractivity contribution in [1.82, 2.24) is 10.6 Å². The second-order valence-electron chi connectivity index (χ2n) is 3.98. The summed E-state index contributed by atoms with van der Waals surface area (Å²) >= 11 is 3.12. The lowest BCUT2D eigenvalue weighted by Crippen LogP contribution is -2.31. The zero-order chi connectivity index (χ0) is 14.3. The first kappa shape index (κ1) is 15.6. The molecule has 0 aliphatic heterocycles. The molecule has 1 aromatic carbocycles. The highest BCUT2D eigenvalue weighted by Crippen LogP contribution is 2.17. The van der Waals surface area contributed by atoms with E-state index < -0.39 is 5.82 Å². The maximum Gasteiger partial charge on any atom is 0.252 e. The van der Waals surface area contributed by atoms with Crippen molar-refractivity contribution >= 4 is 27.7 Å². The van der Waals surface area contributed by atoms with E-state index in [0.29, 0.717) is 16.6 Å². The Morgan fingerprint density at radius 3 is 2.63 bits per heavy atom. The summed E-state index contributed by atoms with van der Waals surface area (Å²) in [5.41, 5.74) is 0.343. The van der Waals surface area contributed by atoms with Crippen LogP contribution in [0.3, 0.4) is 0 Å². The second-order valence-corrected chi connectivity index (χ2v) is 4.83. The van der Waals surface area contributed by atoms with Crippen molar-refractivity contribution < 1.29 is 14.0 Å². The van der Waals surface area contributed by atoms with E-state index in [1.165, 1.54) is 18.2 Å². The van der Waals surface area contributed by atoms with Crippen molar-refractivity contribution in [2.24, 2.45) is 0 Å². The third kappa shape index (κ3) is 5.38. The fourth-order valence-corrected chi connectivity index (χ4v) is 1.94. The lowest BCUT2D eigenvalue weighted by molar-refractivity contribution is -0.120. The molecule has 0 atom stereocenters. The van der Waals surface area contributed by atoms with Gasteiger partial charge in [-0.25, -0.2) is 4.39 Å². The first-order chi connectivity index (χ1) is 9.04. The Bertz CT molecular complexity index is 466. The predicted molar refractivity (Wildman–Crippen MR) is 74.4 cm³/mol. The van der Waals surface area contributed by atoms with Crippen LogP contribution in [0.15, 0.2) is 22.7 Å². The van der Waals surface area contributed by atoms with Gasteiger partial charge in [-0.3, -0.25) is 9.59 Å². The van der Waals surface area contributed by atoms with E-state index in [-0.39, 0.29) is 24.8 Å². The summed E-state index contributed by atoms with van der Waals surface area (Å²) in [6.45, 7) is 2.85. The van der Waals surface area contributed by atoms with Crippen molar-refractivity contribution in [3.8, 4) is 0 Å². The third-order valence-corrected chi connectivity index (χ3v) is 3.04. The number of nitrogens with one attached hydrogen (secondary N) is 2. The molecular formula is C13H16BrFN2O2. The average Bonchev–Trinajstić information content (AvgIpc) is 2.36. The zero-order valence-electron chi connectivity index (χ0n) is 10.6. The molecule has 0 unspecified atom stereocenters. The summed E-state index contributed by atoms with van der Waals surface area (Å²) in [5.74, 6) is -0.849. The van der Waals surface area contributed by atoms with E-state index in [2.05, 4.69) is 26.6 Å². The Kier molecular flexibility index (Phi) is 6.49. The molecule has 0 aliphatic carbocycles. The van der Waals surface area contributed by atoms with Gasteiger partial charge in [-0.15, -0.1) is 0 Å². The number of benzene rings is 1. The number of rotatable bonds is 6. The molecular weight excluding hydrogens is 315 g/mol. The van der Waals surface area contributed by atoms with E-state index in [9.17, 15) is 14.0 Å². The molecule has 104 valence electrons. The maximum absolute atomic E-state index is 12.9. The third-order valence-electron chi connectivity index (χ3n) is 2.39. The van der Waals surface area contributed by atoms with Crippen LogP contribution in [0, 0.1) is 5.82 Å². The van der Waals surface area contributed by atoms with E-state index in [0.717, 1.165) is 6.42 Å². The van der Waals surface area contributed by atoms with Crippen molar-refractivity contribution in [3.63, 3.8) is 0 Å². The van der Waals surface area contributed by atoms with Gasteiger partial charge in [0.05, 0.1) is 5.56 Å². The molecule has 0 bridgehead atoms. The Balaban J connectivity index is 2.41. The Hall–Kier alpha value is -1.43. The number of halogens is 2. The Morgan fingerprint density at radius 2 is 2.00 bits per heavy atom. The van der Waals surface area contributed by atoms with Gasteiger partial charge in [-0.2, -0.15) is 0 Å². The number of hydrogen-bond acceptors (Lipinski definition) is 2. The largest absolute Gasteiger partial charge is 0.356 e. The summed E-state index contributed by atoms with van der Waals surface area (Å²) in [5, 5.41) is 5.33. The average molecular weight is 331 g/mol. The highest BCUT2D eigenvalue weighted by molar-refractivity contribution is 9.10. The van der Waals surface area contributed by atoms with Gasteiger partial charge in [0.15, 0.2) is 0 Å². The first-order valence-corrected chi connectivity index (χ1v) is 6.84. The highest BCUT2D eigenvalue weighted by Gasteiger charge is 2.10. The number of carbonyl (C=O) groups excluding carboxylic acids is 2. The van der Waals surface area contributed by atoms with Crippen molar-refractivity contribution in [1.29, 1.82) is 0 Å². The van der Waals surface area contributed by atoms with Crippen LogP contribution in [0.4, 0.5) is 4.39 Å². The molecule has 2 N–H and O–H groups in total. The van der Waals surface area contributed by atoms with Gasteiger partial charge in [-0.1, -0.05) is 6.92 Å². The van der Waals surface area contributed by atoms with Crippen LogP contribution in [0.5, 0.6) is 0 Å². The summed E-state index contributed by atoms with van der Waals surface area (Å²) in [7, 11) is 0. The molecule has 1 rings (SSSR count). The van der Waals surface area contributed by atoms with Gasteiger partial charge in [0.1, 0.15) is 5.82 Å². The quantitative estimate of drug-likeness (QED) is 0.840. The molecule has 2 amide bonds. The minimum absolute atomic E-state index is 0.0969. The summed E-state index contributed by atoms with van der Waals surface area (Å²) < 4.78 is 13.3. The number of amides is 2. The summed E-state index contributed by atoms with van der Waals surface area (Å²) in [4.78, 5) is 23.1. The van der Waals surface area contributed by atoms with Gasteiger partial charge >= 0.3 is 0 Å². The topological polar surface area (TPSA) is 58.2 Å². The van der Waals surface area contributed by atoms with Crippen LogP contribution in [0.2, 0.25) is 0 Å². The normalized spacial score (nSPS) is 10.1.